The molecule has 2 nitrogen and oxygen atoms in total. The van der Waals surface area contributed by atoms with E-state index < -0.39 is 0 Å². The van der Waals surface area contributed by atoms with Crippen molar-refractivity contribution in [3.63, 3.8) is 0 Å². The number of rotatable bonds is 2. The lowest BCUT2D eigenvalue weighted by molar-refractivity contribution is 0.937. The lowest BCUT2D eigenvalue weighted by Crippen LogP contribution is -1.93. The third kappa shape index (κ3) is 2.91. The summed E-state index contributed by atoms with van der Waals surface area (Å²) in [6.07, 6.45) is 2.21. The lowest BCUT2D eigenvalue weighted by Gasteiger charge is -2.01. The minimum absolute atomic E-state index is 0.599. The first-order chi connectivity index (χ1) is 7.24. The summed E-state index contributed by atoms with van der Waals surface area (Å²) in [6.45, 7) is 0. The molecule has 0 aliphatic carbocycles. The van der Waals surface area contributed by atoms with Crippen LogP contribution in [0, 0.1) is 0 Å². The van der Waals surface area contributed by atoms with Crippen molar-refractivity contribution in [3.8, 4) is 0 Å². The van der Waals surface area contributed by atoms with Crippen LogP contribution in [0.15, 0.2) is 36.5 Å². The van der Waals surface area contributed by atoms with E-state index in [4.69, 9.17) is 23.2 Å². The van der Waals surface area contributed by atoms with Crippen LogP contribution in [0.2, 0.25) is 10.0 Å². The average molecular weight is 239 g/mol. The monoisotopic (exact) mass is 238 g/mol. The van der Waals surface area contributed by atoms with Gasteiger partial charge >= 0.3 is 0 Å². The van der Waals surface area contributed by atoms with Crippen LogP contribution in [0.4, 0.5) is 0 Å². The van der Waals surface area contributed by atoms with E-state index in [-0.39, 0.29) is 0 Å². The zero-order valence-corrected chi connectivity index (χ0v) is 9.33. The van der Waals surface area contributed by atoms with Gasteiger partial charge in [-0.1, -0.05) is 35.3 Å². The molecule has 0 bridgehead atoms. The molecule has 1 aromatic heterocycles. The van der Waals surface area contributed by atoms with Crippen LogP contribution in [0.5, 0.6) is 0 Å². The fraction of sp³-hybridized carbons (Fsp3) is 0.0909. The average Bonchev–Trinajstić information content (AvgIpc) is 2.17. The van der Waals surface area contributed by atoms with Crippen LogP contribution < -0.4 is 0 Å². The van der Waals surface area contributed by atoms with E-state index in [9.17, 15) is 0 Å². The Balaban J connectivity index is 2.22. The number of aromatic nitrogens is 2. The Kier molecular flexibility index (Phi) is 3.19. The van der Waals surface area contributed by atoms with Gasteiger partial charge in [-0.3, -0.25) is 0 Å². The van der Waals surface area contributed by atoms with Crippen LogP contribution in [0.1, 0.15) is 11.3 Å². The van der Waals surface area contributed by atoms with E-state index in [1.165, 1.54) is 6.20 Å². The lowest BCUT2D eigenvalue weighted by atomic mass is 10.1. The highest BCUT2D eigenvalue weighted by Crippen LogP contribution is 2.15. The smallest absolute Gasteiger partial charge is 0.0689 e. The summed E-state index contributed by atoms with van der Waals surface area (Å²) in [6, 6.07) is 9.46. The van der Waals surface area contributed by atoms with Crippen molar-refractivity contribution in [1.29, 1.82) is 0 Å². The van der Waals surface area contributed by atoms with Crippen LogP contribution in [-0.2, 0) is 6.42 Å². The Labute approximate surface area is 97.9 Å². The number of hydrogen-bond donors (Lipinski definition) is 0. The largest absolute Gasteiger partial charge is 0.157 e. The van der Waals surface area contributed by atoms with Gasteiger partial charge in [0.1, 0.15) is 0 Å². The van der Waals surface area contributed by atoms with Crippen molar-refractivity contribution in [1.82, 2.24) is 10.2 Å². The van der Waals surface area contributed by atoms with E-state index in [1.807, 2.05) is 24.3 Å². The third-order valence-electron chi connectivity index (χ3n) is 1.95. The Hall–Kier alpha value is -1.12. The van der Waals surface area contributed by atoms with Crippen molar-refractivity contribution in [3.05, 3.63) is 57.8 Å². The van der Waals surface area contributed by atoms with Gasteiger partial charge in [-0.15, -0.1) is 0 Å². The quantitative estimate of drug-likeness (QED) is 0.802. The number of halogens is 2. The molecule has 0 saturated carbocycles. The van der Waals surface area contributed by atoms with Gasteiger partial charge in [-0.2, -0.15) is 10.2 Å². The summed E-state index contributed by atoms with van der Waals surface area (Å²) in [4.78, 5) is 0. The number of nitrogens with zero attached hydrogens (tertiary/aromatic N) is 2. The molecule has 0 atom stereocenters. The Morgan fingerprint density at radius 2 is 1.93 bits per heavy atom. The molecule has 0 saturated heterocycles. The highest BCUT2D eigenvalue weighted by atomic mass is 35.5. The van der Waals surface area contributed by atoms with E-state index in [1.54, 1.807) is 6.07 Å². The normalized spacial score (nSPS) is 10.3. The molecule has 76 valence electrons. The van der Waals surface area contributed by atoms with Gasteiger partial charge in [0.15, 0.2) is 0 Å². The zero-order chi connectivity index (χ0) is 10.7. The van der Waals surface area contributed by atoms with E-state index >= 15 is 0 Å². The second-order valence-corrected chi connectivity index (χ2v) is 4.04. The van der Waals surface area contributed by atoms with E-state index in [0.717, 1.165) is 16.3 Å². The molecule has 0 amide bonds. The maximum atomic E-state index is 5.88. The molecule has 4 heteroatoms. The second-order valence-electron chi connectivity index (χ2n) is 3.17. The standard InChI is InChI=1S/C11H8Cl2N2/c12-9-3-1-2-8(4-9)5-11-6-10(13)7-14-15-11/h1-4,6-7H,5H2. The molecule has 0 N–H and O–H groups in total. The summed E-state index contributed by atoms with van der Waals surface area (Å²) in [7, 11) is 0. The molecule has 0 spiro atoms. The van der Waals surface area contributed by atoms with Gasteiger partial charge in [0, 0.05) is 11.4 Å². The fourth-order valence-electron chi connectivity index (χ4n) is 1.33. The Morgan fingerprint density at radius 1 is 1.07 bits per heavy atom. The molecule has 0 aliphatic heterocycles. The Bertz CT molecular complexity index is 428. The molecule has 1 aromatic carbocycles. The first-order valence-electron chi connectivity index (χ1n) is 4.45. The van der Waals surface area contributed by atoms with Crippen LogP contribution >= 0.6 is 23.2 Å². The highest BCUT2D eigenvalue weighted by Gasteiger charge is 2.00. The van der Waals surface area contributed by atoms with Crippen molar-refractivity contribution < 1.29 is 0 Å². The Morgan fingerprint density at radius 3 is 2.67 bits per heavy atom. The summed E-state index contributed by atoms with van der Waals surface area (Å²) in [5.41, 5.74) is 1.93. The third-order valence-corrected chi connectivity index (χ3v) is 2.39. The summed E-state index contributed by atoms with van der Waals surface area (Å²) in [5.74, 6) is 0. The van der Waals surface area contributed by atoms with E-state index in [2.05, 4.69) is 10.2 Å². The molecule has 0 fully saturated rings. The summed E-state index contributed by atoms with van der Waals surface area (Å²) in [5, 5.41) is 9.10. The van der Waals surface area contributed by atoms with Crippen molar-refractivity contribution >= 4 is 23.2 Å². The van der Waals surface area contributed by atoms with Crippen LogP contribution in [-0.4, -0.2) is 10.2 Å². The molecule has 2 rings (SSSR count). The predicted molar refractivity (Wildman–Crippen MR) is 61.3 cm³/mol. The molecule has 0 aliphatic rings. The molecule has 2 aromatic rings. The zero-order valence-electron chi connectivity index (χ0n) is 7.82. The van der Waals surface area contributed by atoms with Crippen molar-refractivity contribution in [2.75, 3.05) is 0 Å². The van der Waals surface area contributed by atoms with Crippen molar-refractivity contribution in [2.45, 2.75) is 6.42 Å². The summed E-state index contributed by atoms with van der Waals surface area (Å²) < 4.78 is 0. The van der Waals surface area contributed by atoms with Gasteiger partial charge in [0.2, 0.25) is 0 Å². The SMILES string of the molecule is Clc1cccc(Cc2cc(Cl)cnn2)c1. The van der Waals surface area contributed by atoms with Crippen LogP contribution in [0.3, 0.4) is 0 Å². The van der Waals surface area contributed by atoms with E-state index in [0.29, 0.717) is 11.4 Å². The molecule has 0 radical (unpaired) electrons. The maximum Gasteiger partial charge on any atom is 0.0689 e. The second kappa shape index (κ2) is 4.60. The minimum Gasteiger partial charge on any atom is -0.157 e. The highest BCUT2D eigenvalue weighted by molar-refractivity contribution is 6.30. The molecule has 15 heavy (non-hydrogen) atoms. The topological polar surface area (TPSA) is 25.8 Å². The minimum atomic E-state index is 0.599. The molecule has 0 unspecified atom stereocenters. The first kappa shape index (κ1) is 10.4. The van der Waals surface area contributed by atoms with Gasteiger partial charge in [-0.05, 0) is 23.8 Å². The predicted octanol–water partition coefficient (Wildman–Crippen LogP) is 3.37. The van der Waals surface area contributed by atoms with Gasteiger partial charge in [0.05, 0.1) is 16.9 Å². The van der Waals surface area contributed by atoms with Gasteiger partial charge in [0.25, 0.3) is 0 Å². The fourth-order valence-corrected chi connectivity index (χ4v) is 1.71. The number of hydrogen-bond acceptors (Lipinski definition) is 2. The molecular formula is C11H8Cl2N2. The van der Waals surface area contributed by atoms with Gasteiger partial charge in [-0.25, -0.2) is 0 Å². The summed E-state index contributed by atoms with van der Waals surface area (Å²) >= 11 is 11.7. The number of benzene rings is 1. The first-order valence-corrected chi connectivity index (χ1v) is 5.21. The van der Waals surface area contributed by atoms with Gasteiger partial charge < -0.3 is 0 Å². The maximum absolute atomic E-state index is 5.88. The molecule has 1 heterocycles. The molecular weight excluding hydrogens is 231 g/mol. The van der Waals surface area contributed by atoms with Crippen LogP contribution in [0.25, 0.3) is 0 Å². The van der Waals surface area contributed by atoms with Crippen molar-refractivity contribution in [2.24, 2.45) is 0 Å².